The molecule has 1 aliphatic rings. The van der Waals surface area contributed by atoms with Crippen molar-refractivity contribution in [2.24, 2.45) is 5.92 Å². The van der Waals surface area contributed by atoms with Crippen LogP contribution in [-0.4, -0.2) is 56.7 Å². The Morgan fingerprint density at radius 3 is 2.41 bits per heavy atom. The van der Waals surface area contributed by atoms with E-state index in [1.54, 1.807) is 16.8 Å². The van der Waals surface area contributed by atoms with Gasteiger partial charge in [0.2, 0.25) is 5.91 Å². The van der Waals surface area contributed by atoms with Crippen LogP contribution in [0.3, 0.4) is 0 Å². The Balaban J connectivity index is 1.51. The first-order chi connectivity index (χ1) is 19.9. The number of anilines is 1. The molecular formula is C33H41FN6O. The Morgan fingerprint density at radius 2 is 1.71 bits per heavy atom. The predicted octanol–water partition coefficient (Wildman–Crippen LogP) is 6.42. The van der Waals surface area contributed by atoms with Gasteiger partial charge in [-0.15, -0.1) is 0 Å². The molecule has 7 nitrogen and oxygen atoms in total. The van der Waals surface area contributed by atoms with Crippen LogP contribution >= 0.6 is 0 Å². The molecule has 1 atom stereocenters. The lowest BCUT2D eigenvalue weighted by atomic mass is 9.97. The number of carbonyl (C=O) groups excluding carboxylic acids is 1. The lowest BCUT2D eigenvalue weighted by molar-refractivity contribution is -0.135. The van der Waals surface area contributed by atoms with E-state index in [4.69, 9.17) is 15.1 Å². The summed E-state index contributed by atoms with van der Waals surface area (Å²) in [5.41, 5.74) is 4.63. The highest BCUT2D eigenvalue weighted by Gasteiger charge is 2.27. The first kappa shape index (κ1) is 28.7. The summed E-state index contributed by atoms with van der Waals surface area (Å²) in [6.07, 6.45) is 5.50. The maximum absolute atomic E-state index is 13.7. The van der Waals surface area contributed by atoms with E-state index < -0.39 is 0 Å². The Morgan fingerprint density at radius 1 is 0.951 bits per heavy atom. The van der Waals surface area contributed by atoms with Crippen LogP contribution in [0.25, 0.3) is 16.7 Å². The van der Waals surface area contributed by atoms with Crippen LogP contribution in [0, 0.1) is 25.6 Å². The van der Waals surface area contributed by atoms with Crippen molar-refractivity contribution in [3.05, 3.63) is 77.0 Å². The predicted molar refractivity (Wildman–Crippen MR) is 162 cm³/mol. The van der Waals surface area contributed by atoms with Gasteiger partial charge >= 0.3 is 0 Å². The molecule has 4 aromatic rings. The summed E-state index contributed by atoms with van der Waals surface area (Å²) in [4.78, 5) is 27.9. The number of aryl methyl sites for hydroxylation is 2. The van der Waals surface area contributed by atoms with Gasteiger partial charge in [-0.3, -0.25) is 4.79 Å². The fraction of sp³-hybridized carbons (Fsp3) is 0.455. The van der Waals surface area contributed by atoms with E-state index in [1.165, 1.54) is 17.7 Å². The van der Waals surface area contributed by atoms with Gasteiger partial charge in [0.05, 0.1) is 16.8 Å². The van der Waals surface area contributed by atoms with Crippen molar-refractivity contribution in [2.45, 2.75) is 66.2 Å². The van der Waals surface area contributed by atoms with E-state index in [1.807, 2.05) is 6.92 Å². The van der Waals surface area contributed by atoms with E-state index in [9.17, 15) is 9.18 Å². The quantitative estimate of drug-likeness (QED) is 0.238. The number of nitrogens with zero attached hydrogens (tertiary/aromatic N) is 6. The highest BCUT2D eigenvalue weighted by atomic mass is 19.1. The molecule has 1 aliphatic heterocycles. The number of rotatable bonds is 9. The van der Waals surface area contributed by atoms with Crippen LogP contribution in [0.5, 0.6) is 0 Å². The lowest BCUT2D eigenvalue weighted by Crippen LogP contribution is -2.39. The second kappa shape index (κ2) is 12.8. The molecule has 0 saturated carbocycles. The molecule has 2 aromatic carbocycles. The first-order valence-corrected chi connectivity index (χ1v) is 15.0. The summed E-state index contributed by atoms with van der Waals surface area (Å²) in [5.74, 6) is 1.67. The number of unbranched alkanes of at least 4 members (excludes halogenated alkanes) is 1. The van der Waals surface area contributed by atoms with Gasteiger partial charge in [0.25, 0.3) is 0 Å². The van der Waals surface area contributed by atoms with Gasteiger partial charge in [0.1, 0.15) is 17.5 Å². The number of carbonyl (C=O) groups is 1. The van der Waals surface area contributed by atoms with Crippen molar-refractivity contribution in [3.63, 3.8) is 0 Å². The molecule has 41 heavy (non-hydrogen) atoms. The van der Waals surface area contributed by atoms with Crippen LogP contribution in [0.2, 0.25) is 0 Å². The molecule has 3 heterocycles. The second-order valence-electron chi connectivity index (χ2n) is 11.2. The molecular weight excluding hydrogens is 515 g/mol. The Hall–Kier alpha value is -3.81. The molecule has 0 spiro atoms. The number of hydrogen-bond acceptors (Lipinski definition) is 5. The van der Waals surface area contributed by atoms with Gasteiger partial charge < -0.3 is 9.80 Å². The molecule has 1 amide bonds. The highest BCUT2D eigenvalue weighted by Crippen LogP contribution is 2.30. The number of fused-ring (bicyclic) bond motifs is 1. The van der Waals surface area contributed by atoms with Crippen molar-refractivity contribution in [1.29, 1.82) is 0 Å². The van der Waals surface area contributed by atoms with Gasteiger partial charge in [-0.1, -0.05) is 56.5 Å². The Bertz CT molecular complexity index is 1480. The third-order valence-electron chi connectivity index (χ3n) is 8.14. The van der Waals surface area contributed by atoms with Crippen LogP contribution in [-0.2, 0) is 11.2 Å². The van der Waals surface area contributed by atoms with Gasteiger partial charge in [-0.2, -0.15) is 5.10 Å². The number of aromatic nitrogens is 4. The molecule has 8 heteroatoms. The smallest absolute Gasteiger partial charge is 0.225 e. The Labute approximate surface area is 242 Å². The van der Waals surface area contributed by atoms with E-state index in [-0.39, 0.29) is 17.6 Å². The standard InChI is InChI=1S/C33H41FN6O/c1-5-7-9-26(6-2)33(41)39-19-8-18-38(20-21-39)31-30-24(4)37-40(28-16-14-27(34)15-17-28)32(30)36-29(35-31)22-25-12-10-23(3)11-13-25/h10-17,26H,5-9,18-22H2,1-4H3/t26-/m1/s1. The third kappa shape index (κ3) is 6.42. The molecule has 5 rings (SSSR count). The number of halogens is 1. The van der Waals surface area contributed by atoms with Crippen molar-refractivity contribution in [1.82, 2.24) is 24.6 Å². The van der Waals surface area contributed by atoms with Crippen molar-refractivity contribution in [2.75, 3.05) is 31.1 Å². The molecule has 0 aliphatic carbocycles. The maximum atomic E-state index is 13.7. The molecule has 216 valence electrons. The van der Waals surface area contributed by atoms with Crippen molar-refractivity contribution < 1.29 is 9.18 Å². The van der Waals surface area contributed by atoms with Gasteiger partial charge in [-0.05, 0) is 62.9 Å². The normalized spacial score (nSPS) is 14.9. The molecule has 1 fully saturated rings. The zero-order valence-corrected chi connectivity index (χ0v) is 24.7. The van der Waals surface area contributed by atoms with Crippen LogP contribution < -0.4 is 4.90 Å². The molecule has 1 saturated heterocycles. The summed E-state index contributed by atoms with van der Waals surface area (Å²) < 4.78 is 15.5. The number of hydrogen-bond donors (Lipinski definition) is 0. The minimum absolute atomic E-state index is 0.101. The summed E-state index contributed by atoms with van der Waals surface area (Å²) in [7, 11) is 0. The summed E-state index contributed by atoms with van der Waals surface area (Å²) in [6, 6.07) is 14.8. The summed E-state index contributed by atoms with van der Waals surface area (Å²) in [5, 5.41) is 5.73. The SMILES string of the molecule is CCCC[C@@H](CC)C(=O)N1CCCN(c2nc(Cc3ccc(C)cc3)nc3c2c(C)nn3-c2ccc(F)cc2)CC1. The summed E-state index contributed by atoms with van der Waals surface area (Å²) >= 11 is 0. The van der Waals surface area contributed by atoms with E-state index in [0.29, 0.717) is 31.0 Å². The fourth-order valence-corrected chi connectivity index (χ4v) is 5.72. The maximum Gasteiger partial charge on any atom is 0.225 e. The van der Waals surface area contributed by atoms with Crippen molar-refractivity contribution in [3.8, 4) is 5.69 Å². The average molecular weight is 557 g/mol. The molecule has 2 aromatic heterocycles. The topological polar surface area (TPSA) is 67.2 Å². The minimum Gasteiger partial charge on any atom is -0.354 e. The largest absolute Gasteiger partial charge is 0.354 e. The van der Waals surface area contributed by atoms with Crippen molar-refractivity contribution >= 4 is 22.8 Å². The Kier molecular flexibility index (Phi) is 8.96. The lowest BCUT2D eigenvalue weighted by Gasteiger charge is -2.26. The van der Waals surface area contributed by atoms with Crippen LogP contribution in [0.1, 0.15) is 68.6 Å². The van der Waals surface area contributed by atoms with E-state index >= 15 is 0 Å². The summed E-state index contributed by atoms with van der Waals surface area (Å²) in [6.45, 7) is 11.3. The molecule has 0 N–H and O–H groups in total. The van der Waals surface area contributed by atoms with Gasteiger partial charge in [0.15, 0.2) is 5.65 Å². The fourth-order valence-electron chi connectivity index (χ4n) is 5.72. The molecule has 0 unspecified atom stereocenters. The second-order valence-corrected chi connectivity index (χ2v) is 11.2. The number of benzene rings is 2. The molecule has 0 radical (unpaired) electrons. The third-order valence-corrected chi connectivity index (χ3v) is 8.14. The van der Waals surface area contributed by atoms with Crippen LogP contribution in [0.15, 0.2) is 48.5 Å². The molecule has 0 bridgehead atoms. The average Bonchev–Trinajstić information content (AvgIpc) is 3.14. The highest BCUT2D eigenvalue weighted by molar-refractivity contribution is 5.91. The zero-order chi connectivity index (χ0) is 28.9. The monoisotopic (exact) mass is 556 g/mol. The van der Waals surface area contributed by atoms with Gasteiger partial charge in [-0.25, -0.2) is 19.0 Å². The first-order valence-electron chi connectivity index (χ1n) is 15.0. The minimum atomic E-state index is -0.291. The van der Waals surface area contributed by atoms with E-state index in [0.717, 1.165) is 73.3 Å². The van der Waals surface area contributed by atoms with Crippen LogP contribution in [0.4, 0.5) is 10.2 Å². The zero-order valence-electron chi connectivity index (χ0n) is 24.7. The van der Waals surface area contributed by atoms with E-state index in [2.05, 4.69) is 54.8 Å². The number of amides is 1. The van der Waals surface area contributed by atoms with Gasteiger partial charge in [0, 0.05) is 38.5 Å².